The summed E-state index contributed by atoms with van der Waals surface area (Å²) in [6.45, 7) is 1.91. The Morgan fingerprint density at radius 3 is 2.92 bits per heavy atom. The number of hydrogen-bond donors (Lipinski definition) is 0. The number of aromatic nitrogens is 2. The predicted octanol–water partition coefficient (Wildman–Crippen LogP) is 0.0956. The monoisotopic (exact) mass is 207 g/mol. The van der Waals surface area contributed by atoms with Gasteiger partial charge < -0.3 is 0 Å². The molecule has 0 unspecified atom stereocenters. The van der Waals surface area contributed by atoms with Gasteiger partial charge in [0, 0.05) is 6.20 Å². The van der Waals surface area contributed by atoms with Gasteiger partial charge in [0.15, 0.2) is 0 Å². The first kappa shape index (κ1) is 10.0. The van der Waals surface area contributed by atoms with Crippen molar-refractivity contribution >= 4 is 10.4 Å². The summed E-state index contributed by atoms with van der Waals surface area (Å²) in [7, 11) is -3.94. The van der Waals surface area contributed by atoms with E-state index in [2.05, 4.69) is 13.5 Å². The molecule has 0 fully saturated rings. The van der Waals surface area contributed by atoms with Crippen LogP contribution in [0.15, 0.2) is 18.7 Å². The van der Waals surface area contributed by atoms with E-state index in [1.165, 1.54) is 18.7 Å². The average molecular weight is 207 g/mol. The lowest BCUT2D eigenvalue weighted by atomic mass is 10.5. The molecule has 0 N–H and O–H groups in total. The second kappa shape index (κ2) is 4.24. The van der Waals surface area contributed by atoms with Crippen molar-refractivity contribution in [2.24, 2.45) is 0 Å². The maximum atomic E-state index is 11.0. The van der Waals surface area contributed by atoms with Crippen molar-refractivity contribution in [3.8, 4) is 0 Å². The van der Waals surface area contributed by atoms with Gasteiger partial charge in [-0.25, -0.2) is 9.17 Å². The molecular weight excluding hydrogens is 196 g/mol. The van der Waals surface area contributed by atoms with Crippen molar-refractivity contribution in [3.63, 3.8) is 0 Å². The Balaban J connectivity index is 0.00000169. The van der Waals surface area contributed by atoms with E-state index in [9.17, 15) is 8.42 Å². The van der Waals surface area contributed by atoms with Gasteiger partial charge in [0.05, 0.1) is 12.8 Å². The highest BCUT2D eigenvalue weighted by atomic mass is 32.3. The molecule has 0 aliphatic rings. The minimum atomic E-state index is -3.94. The molecule has 0 amide bonds. The SMILES string of the molecule is CCCOS(=O)(=O)On1ccnc1.[H+]. The maximum absolute atomic E-state index is 11.0. The Kier molecular flexibility index (Phi) is 3.26. The van der Waals surface area contributed by atoms with Crippen LogP contribution in [0.3, 0.4) is 0 Å². The molecule has 6 nitrogen and oxygen atoms in total. The minimum absolute atomic E-state index is 0. The molecule has 1 aromatic rings. The topological polar surface area (TPSA) is 70.4 Å². The first-order chi connectivity index (χ1) is 6.14. The second-order valence-corrected chi connectivity index (χ2v) is 3.43. The summed E-state index contributed by atoms with van der Waals surface area (Å²) in [5.74, 6) is 0. The Morgan fingerprint density at radius 2 is 2.38 bits per heavy atom. The van der Waals surface area contributed by atoms with E-state index in [1.54, 1.807) is 6.92 Å². The zero-order chi connectivity index (χ0) is 9.73. The Hall–Kier alpha value is -1.08. The van der Waals surface area contributed by atoms with Crippen molar-refractivity contribution in [1.82, 2.24) is 9.71 Å². The van der Waals surface area contributed by atoms with Crippen LogP contribution in [0.2, 0.25) is 0 Å². The summed E-state index contributed by atoms with van der Waals surface area (Å²) in [4.78, 5) is 3.60. The van der Waals surface area contributed by atoms with Gasteiger partial charge >= 0.3 is 11.8 Å². The number of imidazole rings is 1. The summed E-state index contributed by atoms with van der Waals surface area (Å²) in [5.41, 5.74) is 0. The average Bonchev–Trinajstić information content (AvgIpc) is 2.52. The van der Waals surface area contributed by atoms with Gasteiger partial charge in [-0.3, -0.25) is 4.28 Å². The van der Waals surface area contributed by atoms with Crippen LogP contribution in [0.25, 0.3) is 0 Å². The van der Waals surface area contributed by atoms with Crippen LogP contribution in [0, 0.1) is 0 Å². The van der Waals surface area contributed by atoms with E-state index < -0.39 is 10.4 Å². The zero-order valence-corrected chi connectivity index (χ0v) is 7.90. The van der Waals surface area contributed by atoms with Gasteiger partial charge in [0.1, 0.15) is 6.33 Å². The van der Waals surface area contributed by atoms with E-state index in [4.69, 9.17) is 0 Å². The largest absolute Gasteiger partial charge is 1.00 e. The van der Waals surface area contributed by atoms with Crippen LogP contribution >= 0.6 is 0 Å². The highest BCUT2D eigenvalue weighted by Crippen LogP contribution is 1.94. The molecule has 0 spiro atoms. The molecule has 0 aliphatic heterocycles. The Labute approximate surface area is 77.9 Å². The van der Waals surface area contributed by atoms with Crippen molar-refractivity contribution < 1.29 is 18.3 Å². The first-order valence-corrected chi connectivity index (χ1v) is 5.04. The Morgan fingerprint density at radius 1 is 1.62 bits per heavy atom. The molecule has 0 radical (unpaired) electrons. The molecule has 0 aliphatic carbocycles. The third-order valence-corrected chi connectivity index (χ3v) is 1.90. The number of hydrogen-bond acceptors (Lipinski definition) is 5. The molecule has 13 heavy (non-hydrogen) atoms. The van der Waals surface area contributed by atoms with E-state index in [0.29, 0.717) is 6.42 Å². The fraction of sp³-hybridized carbons (Fsp3) is 0.500. The highest BCUT2D eigenvalue weighted by molar-refractivity contribution is 7.82. The Bertz CT molecular complexity index is 337. The van der Waals surface area contributed by atoms with Gasteiger partial charge in [0.25, 0.3) is 0 Å². The highest BCUT2D eigenvalue weighted by Gasteiger charge is 2.12. The van der Waals surface area contributed by atoms with Crippen LogP contribution in [0.1, 0.15) is 14.8 Å². The van der Waals surface area contributed by atoms with Crippen molar-refractivity contribution in [1.29, 1.82) is 0 Å². The number of nitrogens with zero attached hydrogens (tertiary/aromatic N) is 2. The van der Waals surface area contributed by atoms with E-state index in [0.717, 1.165) is 4.73 Å². The molecule has 0 saturated heterocycles. The summed E-state index contributed by atoms with van der Waals surface area (Å²) in [6, 6.07) is 0. The molecule has 0 atom stereocenters. The molecule has 0 saturated carbocycles. The molecule has 0 bridgehead atoms. The lowest BCUT2D eigenvalue weighted by molar-refractivity contribution is 0.197. The quantitative estimate of drug-likeness (QED) is 0.684. The summed E-state index contributed by atoms with van der Waals surface area (Å²) in [5, 5.41) is 0. The predicted molar refractivity (Wildman–Crippen MR) is 45.1 cm³/mol. The summed E-state index contributed by atoms with van der Waals surface area (Å²) < 4.78 is 31.8. The van der Waals surface area contributed by atoms with Gasteiger partial charge in [-0.1, -0.05) is 6.92 Å². The smallest absolute Gasteiger partial charge is 0.265 e. The zero-order valence-electron chi connectivity index (χ0n) is 8.08. The summed E-state index contributed by atoms with van der Waals surface area (Å²) in [6.07, 6.45) is 4.57. The lowest BCUT2D eigenvalue weighted by Gasteiger charge is -2.04. The third kappa shape index (κ3) is 3.43. The maximum Gasteiger partial charge on any atom is 1.00 e. The first-order valence-electron chi connectivity index (χ1n) is 3.71. The normalized spacial score (nSPS) is 11.5. The van der Waals surface area contributed by atoms with Crippen LogP contribution < -0.4 is 4.28 Å². The molecule has 0 aromatic carbocycles. The van der Waals surface area contributed by atoms with Crippen LogP contribution in [0.4, 0.5) is 0 Å². The van der Waals surface area contributed by atoms with Crippen LogP contribution in [-0.4, -0.2) is 24.7 Å². The standard InChI is InChI=1S/C6H10N2O4S/c1-2-5-11-13(9,10)12-8-4-3-7-6-8/h3-4,6H,2,5H2,1H3/p+1. The fourth-order valence-corrected chi connectivity index (χ4v) is 1.32. The molecule has 7 heteroatoms. The molecule has 74 valence electrons. The molecule has 1 aromatic heterocycles. The van der Waals surface area contributed by atoms with Gasteiger partial charge in [-0.2, -0.15) is 13.1 Å². The van der Waals surface area contributed by atoms with Crippen LogP contribution in [-0.2, 0) is 14.6 Å². The van der Waals surface area contributed by atoms with Crippen LogP contribution in [0.5, 0.6) is 0 Å². The minimum Gasteiger partial charge on any atom is -0.265 e. The van der Waals surface area contributed by atoms with Crippen molar-refractivity contribution in [3.05, 3.63) is 18.7 Å². The third-order valence-electron chi connectivity index (χ3n) is 1.09. The second-order valence-electron chi connectivity index (χ2n) is 2.23. The van der Waals surface area contributed by atoms with Gasteiger partial charge in [0.2, 0.25) is 0 Å². The number of rotatable bonds is 5. The van der Waals surface area contributed by atoms with Gasteiger partial charge in [-0.15, -0.1) is 0 Å². The molecule has 1 rings (SSSR count). The van der Waals surface area contributed by atoms with Gasteiger partial charge in [-0.05, 0) is 6.42 Å². The molecular formula is C6H11N2O4S+. The molecule has 1 heterocycles. The van der Waals surface area contributed by atoms with E-state index >= 15 is 0 Å². The lowest BCUT2D eigenvalue weighted by Crippen LogP contribution is -2.21. The fourth-order valence-electron chi connectivity index (χ4n) is 0.603. The van der Waals surface area contributed by atoms with Crippen molar-refractivity contribution in [2.75, 3.05) is 6.61 Å². The summed E-state index contributed by atoms with van der Waals surface area (Å²) >= 11 is 0. The van der Waals surface area contributed by atoms with Crippen molar-refractivity contribution in [2.45, 2.75) is 13.3 Å². The van der Waals surface area contributed by atoms with E-state index in [1.807, 2.05) is 0 Å². The van der Waals surface area contributed by atoms with E-state index in [-0.39, 0.29) is 8.03 Å².